The smallest absolute Gasteiger partial charge is 0.222 e. The molecule has 1 amide bonds. The molecule has 2 fully saturated rings. The summed E-state index contributed by atoms with van der Waals surface area (Å²) in [7, 11) is 0. The topological polar surface area (TPSA) is 102 Å². The molecule has 134 valence electrons. The Morgan fingerprint density at radius 1 is 1.17 bits per heavy atom. The molecule has 8 heteroatoms. The Bertz CT molecular complexity index is 368. The average Bonchev–Trinajstić information content (AvgIpc) is 2.58. The van der Waals surface area contributed by atoms with Crippen LogP contribution in [0.25, 0.3) is 0 Å². The predicted molar refractivity (Wildman–Crippen MR) is 88.4 cm³/mol. The Morgan fingerprint density at radius 2 is 1.91 bits per heavy atom. The lowest BCUT2D eigenvalue weighted by Gasteiger charge is -2.36. The molecule has 7 nitrogen and oxygen atoms in total. The van der Waals surface area contributed by atoms with E-state index in [1.807, 2.05) is 4.90 Å². The van der Waals surface area contributed by atoms with Crippen molar-refractivity contribution in [2.24, 2.45) is 0 Å². The molecule has 0 aromatic rings. The first-order valence-electron chi connectivity index (χ1n) is 8.30. The highest BCUT2D eigenvalue weighted by Gasteiger charge is 2.35. The summed E-state index contributed by atoms with van der Waals surface area (Å²) in [5.41, 5.74) is 0. The van der Waals surface area contributed by atoms with E-state index in [2.05, 4.69) is 5.32 Å². The first-order valence-corrected chi connectivity index (χ1v) is 9.46. The van der Waals surface area contributed by atoms with Crippen molar-refractivity contribution in [2.45, 2.75) is 43.6 Å². The maximum atomic E-state index is 12.0. The van der Waals surface area contributed by atoms with Gasteiger partial charge in [-0.1, -0.05) is 0 Å². The van der Waals surface area contributed by atoms with Gasteiger partial charge in [0.1, 0.15) is 6.10 Å². The Hall–Kier alpha value is -0.380. The van der Waals surface area contributed by atoms with Gasteiger partial charge in [-0.3, -0.25) is 4.79 Å². The summed E-state index contributed by atoms with van der Waals surface area (Å²) in [5, 5.41) is 32.0. The highest BCUT2D eigenvalue weighted by Crippen LogP contribution is 2.16. The second-order valence-corrected chi connectivity index (χ2v) is 7.29. The summed E-state index contributed by atoms with van der Waals surface area (Å²) in [5.74, 6) is 1.96. The molecular weight excluding hydrogens is 320 g/mol. The number of β-amino-alcohol motifs (C(OH)–C–C–N with tert-alkyl or cyclic N) is 1. The largest absolute Gasteiger partial charge is 0.389 e. The molecule has 0 saturated carbocycles. The molecule has 2 aliphatic rings. The van der Waals surface area contributed by atoms with Gasteiger partial charge in [0, 0.05) is 32.1 Å². The van der Waals surface area contributed by atoms with E-state index < -0.39 is 18.3 Å². The molecule has 0 bridgehead atoms. The molecular formula is C15H28N2O5S. The van der Waals surface area contributed by atoms with Crippen LogP contribution in [0.4, 0.5) is 0 Å². The quantitative estimate of drug-likeness (QED) is 0.429. The molecule has 0 aromatic carbocycles. The number of piperidine rings is 1. The minimum Gasteiger partial charge on any atom is -0.389 e. The maximum Gasteiger partial charge on any atom is 0.222 e. The fourth-order valence-electron chi connectivity index (χ4n) is 2.86. The van der Waals surface area contributed by atoms with E-state index in [-0.39, 0.29) is 11.9 Å². The van der Waals surface area contributed by atoms with Crippen LogP contribution in [0.1, 0.15) is 19.3 Å². The molecule has 0 spiro atoms. The van der Waals surface area contributed by atoms with E-state index in [1.54, 1.807) is 11.8 Å². The number of carbonyl (C=O) groups excluding carboxylic acids is 1. The van der Waals surface area contributed by atoms with Crippen molar-refractivity contribution in [1.29, 1.82) is 0 Å². The monoisotopic (exact) mass is 348 g/mol. The van der Waals surface area contributed by atoms with Crippen LogP contribution in [-0.4, -0.2) is 94.8 Å². The van der Waals surface area contributed by atoms with Crippen LogP contribution in [-0.2, 0) is 9.53 Å². The van der Waals surface area contributed by atoms with E-state index in [0.717, 1.165) is 24.3 Å². The first-order chi connectivity index (χ1) is 11.1. The number of amides is 1. The third-order valence-corrected chi connectivity index (χ3v) is 5.46. The maximum absolute atomic E-state index is 12.0. The Balaban J connectivity index is 1.51. The minimum absolute atomic E-state index is 0.184. The number of ether oxygens (including phenoxy) is 1. The summed E-state index contributed by atoms with van der Waals surface area (Å²) in [6, 6.07) is -0.184. The standard InChI is InChI=1S/C15H28N2O5S/c18-12-10-16-11(14(20)15(12)21)3-9-23-8-1-2-13(19)17-4-6-22-7-5-17/h11-12,14-16,18,20-21H,1-10H2/t11-,12-,14+,15+/m1/s1. The zero-order valence-corrected chi connectivity index (χ0v) is 14.2. The Kier molecular flexibility index (Phi) is 8.08. The van der Waals surface area contributed by atoms with Crippen LogP contribution in [0.2, 0.25) is 0 Å². The summed E-state index contributed by atoms with van der Waals surface area (Å²) >= 11 is 1.75. The lowest BCUT2D eigenvalue weighted by molar-refractivity contribution is -0.135. The molecule has 0 unspecified atom stereocenters. The average molecular weight is 348 g/mol. The first kappa shape index (κ1) is 19.0. The molecule has 0 radical (unpaired) electrons. The van der Waals surface area contributed by atoms with E-state index in [1.165, 1.54) is 0 Å². The van der Waals surface area contributed by atoms with E-state index in [4.69, 9.17) is 4.74 Å². The normalized spacial score (nSPS) is 32.0. The van der Waals surface area contributed by atoms with Crippen LogP contribution >= 0.6 is 11.8 Å². The van der Waals surface area contributed by atoms with Crippen LogP contribution in [0.15, 0.2) is 0 Å². The van der Waals surface area contributed by atoms with Crippen molar-refractivity contribution in [1.82, 2.24) is 10.2 Å². The number of nitrogens with one attached hydrogen (secondary N) is 1. The second-order valence-electron chi connectivity index (χ2n) is 6.06. The van der Waals surface area contributed by atoms with Crippen LogP contribution in [0.3, 0.4) is 0 Å². The van der Waals surface area contributed by atoms with Gasteiger partial charge in [-0.25, -0.2) is 0 Å². The SMILES string of the molecule is O=C(CCCSCC[C@H]1NC[C@@H](O)[C@H](O)[C@H]1O)N1CCOCC1. The second kappa shape index (κ2) is 9.80. The Morgan fingerprint density at radius 3 is 2.65 bits per heavy atom. The van der Waals surface area contributed by atoms with Crippen molar-refractivity contribution < 1.29 is 24.9 Å². The molecule has 0 aliphatic carbocycles. The number of hydrogen-bond donors (Lipinski definition) is 4. The van der Waals surface area contributed by atoms with E-state index >= 15 is 0 Å². The molecule has 4 atom stereocenters. The lowest BCUT2D eigenvalue weighted by atomic mass is 9.94. The molecule has 23 heavy (non-hydrogen) atoms. The van der Waals surface area contributed by atoms with Gasteiger partial charge in [-0.2, -0.15) is 11.8 Å². The van der Waals surface area contributed by atoms with Gasteiger partial charge in [0.2, 0.25) is 5.91 Å². The van der Waals surface area contributed by atoms with Crippen molar-refractivity contribution >= 4 is 17.7 Å². The van der Waals surface area contributed by atoms with Crippen LogP contribution in [0, 0.1) is 0 Å². The van der Waals surface area contributed by atoms with Crippen LogP contribution in [0.5, 0.6) is 0 Å². The lowest BCUT2D eigenvalue weighted by Crippen LogP contribution is -2.59. The molecule has 4 N–H and O–H groups in total. The third kappa shape index (κ3) is 5.88. The zero-order valence-electron chi connectivity index (χ0n) is 13.4. The summed E-state index contributed by atoms with van der Waals surface area (Å²) in [6.07, 6.45) is -0.752. The van der Waals surface area contributed by atoms with E-state index in [9.17, 15) is 20.1 Å². The predicted octanol–water partition coefficient (Wildman–Crippen LogP) is -1.20. The number of aliphatic hydroxyl groups excluding tert-OH is 3. The van der Waals surface area contributed by atoms with Gasteiger partial charge >= 0.3 is 0 Å². The number of aliphatic hydroxyl groups is 3. The van der Waals surface area contributed by atoms with Crippen molar-refractivity contribution in [2.75, 3.05) is 44.4 Å². The van der Waals surface area contributed by atoms with Gasteiger partial charge in [0.25, 0.3) is 0 Å². The van der Waals surface area contributed by atoms with Gasteiger partial charge in [0.05, 0.1) is 25.4 Å². The number of nitrogens with zero attached hydrogens (tertiary/aromatic N) is 1. The number of rotatable bonds is 7. The zero-order chi connectivity index (χ0) is 16.7. The fraction of sp³-hybridized carbons (Fsp3) is 0.933. The summed E-state index contributed by atoms with van der Waals surface area (Å²) in [4.78, 5) is 13.8. The third-order valence-electron chi connectivity index (χ3n) is 4.36. The molecule has 0 aromatic heterocycles. The minimum atomic E-state index is -1.07. The van der Waals surface area contributed by atoms with Crippen molar-refractivity contribution in [3.8, 4) is 0 Å². The van der Waals surface area contributed by atoms with E-state index in [0.29, 0.717) is 39.3 Å². The number of hydrogen-bond acceptors (Lipinski definition) is 7. The number of morpholine rings is 1. The number of carbonyl (C=O) groups is 1. The van der Waals surface area contributed by atoms with Crippen molar-refractivity contribution in [3.05, 3.63) is 0 Å². The molecule has 2 aliphatic heterocycles. The molecule has 2 saturated heterocycles. The fourth-order valence-corrected chi connectivity index (χ4v) is 3.83. The van der Waals surface area contributed by atoms with Gasteiger partial charge < -0.3 is 30.3 Å². The summed E-state index contributed by atoms with van der Waals surface area (Å²) < 4.78 is 5.23. The van der Waals surface area contributed by atoms with Gasteiger partial charge in [0.15, 0.2) is 0 Å². The highest BCUT2D eigenvalue weighted by molar-refractivity contribution is 7.99. The number of thioether (sulfide) groups is 1. The van der Waals surface area contributed by atoms with Gasteiger partial charge in [-0.15, -0.1) is 0 Å². The highest BCUT2D eigenvalue weighted by atomic mass is 32.2. The molecule has 2 rings (SSSR count). The van der Waals surface area contributed by atoms with Crippen LogP contribution < -0.4 is 5.32 Å². The van der Waals surface area contributed by atoms with Gasteiger partial charge in [-0.05, 0) is 24.3 Å². The Labute approximate surface area is 141 Å². The van der Waals surface area contributed by atoms with Crippen molar-refractivity contribution in [3.63, 3.8) is 0 Å². The summed E-state index contributed by atoms with van der Waals surface area (Å²) in [6.45, 7) is 2.98. The molecule has 2 heterocycles.